The third-order valence-electron chi connectivity index (χ3n) is 4.98. The van der Waals surface area contributed by atoms with Crippen molar-refractivity contribution in [1.82, 2.24) is 4.31 Å². The smallest absolute Gasteiger partial charge is 0.338 e. The van der Waals surface area contributed by atoms with Crippen molar-refractivity contribution in [3.05, 3.63) is 59.7 Å². The molecular formula is C23H29NO6S. The summed E-state index contributed by atoms with van der Waals surface area (Å²) < 4.78 is 43.0. The van der Waals surface area contributed by atoms with E-state index in [1.54, 1.807) is 0 Å². The van der Waals surface area contributed by atoms with Gasteiger partial charge in [0.05, 0.1) is 23.7 Å². The summed E-state index contributed by atoms with van der Waals surface area (Å²) in [6.45, 7) is 8.00. The van der Waals surface area contributed by atoms with Gasteiger partial charge in [-0.15, -0.1) is 0 Å². The van der Waals surface area contributed by atoms with E-state index in [9.17, 15) is 13.2 Å². The van der Waals surface area contributed by atoms with Gasteiger partial charge in [-0.3, -0.25) is 0 Å². The number of hydrogen-bond acceptors (Lipinski definition) is 6. The molecule has 1 saturated heterocycles. The van der Waals surface area contributed by atoms with E-state index in [2.05, 4.69) is 20.8 Å². The van der Waals surface area contributed by atoms with E-state index in [0.717, 1.165) is 0 Å². The highest BCUT2D eigenvalue weighted by Gasteiger charge is 2.27. The summed E-state index contributed by atoms with van der Waals surface area (Å²) in [5.74, 6) is 0.105. The fourth-order valence-electron chi connectivity index (χ4n) is 3.15. The van der Waals surface area contributed by atoms with Gasteiger partial charge in [-0.2, -0.15) is 4.31 Å². The van der Waals surface area contributed by atoms with Crippen LogP contribution in [0.5, 0.6) is 5.75 Å². The second-order valence-electron chi connectivity index (χ2n) is 8.30. The lowest BCUT2D eigenvalue weighted by Gasteiger charge is -2.26. The maximum Gasteiger partial charge on any atom is 0.338 e. The molecule has 0 spiro atoms. The van der Waals surface area contributed by atoms with Gasteiger partial charge in [0.15, 0.2) is 0 Å². The Kier molecular flexibility index (Phi) is 7.35. The molecule has 1 heterocycles. The van der Waals surface area contributed by atoms with E-state index in [0.29, 0.717) is 32.1 Å². The van der Waals surface area contributed by atoms with Gasteiger partial charge in [-0.1, -0.05) is 39.0 Å². The third-order valence-corrected chi connectivity index (χ3v) is 6.88. The van der Waals surface area contributed by atoms with Crippen molar-refractivity contribution >= 4 is 16.0 Å². The van der Waals surface area contributed by atoms with Crippen molar-refractivity contribution in [2.45, 2.75) is 31.1 Å². The fourth-order valence-corrected chi connectivity index (χ4v) is 4.60. The number of nitrogens with zero attached hydrogens (tertiary/aromatic N) is 1. The van der Waals surface area contributed by atoms with Gasteiger partial charge in [0.25, 0.3) is 0 Å². The Morgan fingerprint density at radius 3 is 2.35 bits per heavy atom. The van der Waals surface area contributed by atoms with Crippen molar-refractivity contribution in [2.75, 3.05) is 39.5 Å². The quantitative estimate of drug-likeness (QED) is 0.479. The zero-order chi connectivity index (χ0) is 22.5. The molecule has 0 unspecified atom stereocenters. The molecule has 0 atom stereocenters. The van der Waals surface area contributed by atoms with Crippen molar-refractivity contribution in [2.24, 2.45) is 0 Å². The Labute approximate surface area is 184 Å². The normalized spacial score (nSPS) is 15.5. The largest absolute Gasteiger partial charge is 0.490 e. The van der Waals surface area contributed by atoms with Crippen molar-refractivity contribution < 1.29 is 27.4 Å². The summed E-state index contributed by atoms with van der Waals surface area (Å²) >= 11 is 0. The first-order valence-corrected chi connectivity index (χ1v) is 11.7. The van der Waals surface area contributed by atoms with Crippen LogP contribution in [-0.2, 0) is 24.9 Å². The fraction of sp³-hybridized carbons (Fsp3) is 0.435. The highest BCUT2D eigenvalue weighted by Crippen LogP contribution is 2.24. The zero-order valence-corrected chi connectivity index (χ0v) is 19.0. The predicted octanol–water partition coefficient (Wildman–Crippen LogP) is 3.24. The average molecular weight is 448 g/mol. The number of ether oxygens (including phenoxy) is 3. The first-order chi connectivity index (χ1) is 14.7. The molecule has 0 N–H and O–H groups in total. The SMILES string of the molecule is CC(C)(C)c1ccc(OCCOC(=O)c2cccc(S(=O)(=O)N3CCOCC3)c2)cc1. The molecule has 31 heavy (non-hydrogen) atoms. The average Bonchev–Trinajstić information content (AvgIpc) is 2.77. The molecule has 1 aliphatic rings. The van der Waals surface area contributed by atoms with Crippen LogP contribution in [-0.4, -0.2) is 58.2 Å². The number of hydrogen-bond donors (Lipinski definition) is 0. The van der Waals surface area contributed by atoms with Crippen LogP contribution >= 0.6 is 0 Å². The van der Waals surface area contributed by atoms with E-state index < -0.39 is 16.0 Å². The van der Waals surface area contributed by atoms with Gasteiger partial charge in [0, 0.05) is 13.1 Å². The molecule has 2 aromatic rings. The van der Waals surface area contributed by atoms with E-state index in [1.165, 1.54) is 34.1 Å². The Morgan fingerprint density at radius 1 is 1.03 bits per heavy atom. The Bertz CT molecular complexity index is 989. The Balaban J connectivity index is 1.53. The predicted molar refractivity (Wildman–Crippen MR) is 117 cm³/mol. The van der Waals surface area contributed by atoms with Crippen molar-refractivity contribution in [3.8, 4) is 5.75 Å². The maximum atomic E-state index is 12.8. The molecule has 0 bridgehead atoms. The second-order valence-corrected chi connectivity index (χ2v) is 10.2. The van der Waals surface area contributed by atoms with E-state index >= 15 is 0 Å². The summed E-state index contributed by atoms with van der Waals surface area (Å²) in [6, 6.07) is 13.7. The first kappa shape index (κ1) is 23.2. The van der Waals surface area contributed by atoms with Crippen molar-refractivity contribution in [1.29, 1.82) is 0 Å². The topological polar surface area (TPSA) is 82.1 Å². The minimum atomic E-state index is -3.67. The lowest BCUT2D eigenvalue weighted by atomic mass is 9.87. The van der Waals surface area contributed by atoms with Crippen LogP contribution in [0.2, 0.25) is 0 Å². The molecule has 3 rings (SSSR count). The highest BCUT2D eigenvalue weighted by molar-refractivity contribution is 7.89. The van der Waals surface area contributed by atoms with Crippen LogP contribution in [0.4, 0.5) is 0 Å². The van der Waals surface area contributed by atoms with Crippen LogP contribution in [0.1, 0.15) is 36.7 Å². The molecule has 0 aliphatic carbocycles. The van der Waals surface area contributed by atoms with Crippen molar-refractivity contribution in [3.63, 3.8) is 0 Å². The lowest BCUT2D eigenvalue weighted by Crippen LogP contribution is -2.40. The van der Waals surface area contributed by atoms with Crippen LogP contribution in [0, 0.1) is 0 Å². The number of rotatable bonds is 7. The number of carbonyl (C=O) groups is 1. The summed E-state index contributed by atoms with van der Waals surface area (Å²) in [6.07, 6.45) is 0. The number of carbonyl (C=O) groups excluding carboxylic acids is 1. The van der Waals surface area contributed by atoms with E-state index in [-0.39, 0.29) is 29.1 Å². The first-order valence-electron chi connectivity index (χ1n) is 10.3. The molecule has 0 amide bonds. The van der Waals surface area contributed by atoms with Gasteiger partial charge < -0.3 is 14.2 Å². The molecule has 168 valence electrons. The molecule has 8 heteroatoms. The van der Waals surface area contributed by atoms with Gasteiger partial charge in [-0.25, -0.2) is 13.2 Å². The van der Waals surface area contributed by atoms with Gasteiger partial charge in [0.1, 0.15) is 19.0 Å². The zero-order valence-electron chi connectivity index (χ0n) is 18.2. The summed E-state index contributed by atoms with van der Waals surface area (Å²) in [5.41, 5.74) is 1.46. The Hall–Kier alpha value is -2.42. The summed E-state index contributed by atoms with van der Waals surface area (Å²) in [7, 11) is -3.67. The monoisotopic (exact) mass is 447 g/mol. The van der Waals surface area contributed by atoms with Gasteiger partial charge in [0.2, 0.25) is 10.0 Å². The van der Waals surface area contributed by atoms with Gasteiger partial charge in [-0.05, 0) is 41.3 Å². The highest BCUT2D eigenvalue weighted by atomic mass is 32.2. The molecule has 2 aromatic carbocycles. The molecule has 0 saturated carbocycles. The molecular weight excluding hydrogens is 418 g/mol. The van der Waals surface area contributed by atoms with Crippen LogP contribution in [0.15, 0.2) is 53.4 Å². The second kappa shape index (κ2) is 9.80. The molecule has 7 nitrogen and oxygen atoms in total. The van der Waals surface area contributed by atoms with E-state index in [1.807, 2.05) is 24.3 Å². The van der Waals surface area contributed by atoms with E-state index in [4.69, 9.17) is 14.2 Å². The van der Waals surface area contributed by atoms with Gasteiger partial charge >= 0.3 is 5.97 Å². The molecule has 0 radical (unpaired) electrons. The minimum Gasteiger partial charge on any atom is -0.490 e. The number of benzene rings is 2. The van der Waals surface area contributed by atoms with Crippen LogP contribution < -0.4 is 4.74 Å². The molecule has 1 fully saturated rings. The third kappa shape index (κ3) is 6.06. The Morgan fingerprint density at radius 2 is 1.71 bits per heavy atom. The maximum absolute atomic E-state index is 12.8. The van der Waals surface area contributed by atoms with Crippen LogP contribution in [0.25, 0.3) is 0 Å². The van der Waals surface area contributed by atoms with Crippen LogP contribution in [0.3, 0.4) is 0 Å². The summed E-state index contributed by atoms with van der Waals surface area (Å²) in [5, 5.41) is 0. The molecule has 1 aliphatic heterocycles. The number of morpholine rings is 1. The molecule has 0 aromatic heterocycles. The minimum absolute atomic E-state index is 0.0559. The summed E-state index contributed by atoms with van der Waals surface area (Å²) in [4.78, 5) is 12.4. The number of esters is 1. The standard InChI is InChI=1S/C23H29NO6S/c1-23(2,3)19-7-9-20(10-8-19)29-15-16-30-22(25)18-5-4-6-21(17-18)31(26,27)24-11-13-28-14-12-24/h4-10,17H,11-16H2,1-3H3. The lowest BCUT2D eigenvalue weighted by molar-refractivity contribution is 0.0450. The number of sulfonamides is 1.